The molecule has 1 aliphatic heterocycles. The molecular formula is C27H38N2O4Si. The zero-order chi connectivity index (χ0) is 25.3. The summed E-state index contributed by atoms with van der Waals surface area (Å²) in [5.74, 6) is 0.663. The molecule has 0 aliphatic carbocycles. The molecule has 34 heavy (non-hydrogen) atoms. The molecule has 0 spiro atoms. The molecule has 2 aromatic rings. The predicted octanol–water partition coefficient (Wildman–Crippen LogP) is 6.40. The summed E-state index contributed by atoms with van der Waals surface area (Å²) in [5.41, 5.74) is 0.914. The highest BCUT2D eigenvalue weighted by Gasteiger charge is 2.41. The number of nitrogens with zero attached hydrogens (tertiary/aromatic N) is 2. The topological polar surface area (TPSA) is 59.1 Å². The van der Waals surface area contributed by atoms with Crippen LogP contribution in [0.4, 0.5) is 10.5 Å². The molecule has 0 saturated carbocycles. The van der Waals surface area contributed by atoms with Crippen molar-refractivity contribution in [2.75, 3.05) is 18.0 Å². The normalized spacial score (nSPS) is 17.5. The van der Waals surface area contributed by atoms with Crippen molar-refractivity contribution in [2.24, 2.45) is 0 Å². The number of benzene rings is 2. The lowest BCUT2D eigenvalue weighted by atomic mass is 10.0. The molecule has 0 bridgehead atoms. The van der Waals surface area contributed by atoms with Gasteiger partial charge in [-0.15, -0.1) is 0 Å². The zero-order valence-corrected chi connectivity index (χ0v) is 22.7. The molecule has 2 aromatic carbocycles. The SMILES string of the molecule is CC(C)(C)OC(=O)N1CCN(c2ccc(O[Si](C)(C)C(C)(C)C)cc2)C(=O)C1c1ccccc1. The monoisotopic (exact) mass is 482 g/mol. The van der Waals surface area contributed by atoms with E-state index in [2.05, 4.69) is 33.9 Å². The van der Waals surface area contributed by atoms with Gasteiger partial charge in [-0.25, -0.2) is 4.79 Å². The van der Waals surface area contributed by atoms with E-state index in [4.69, 9.17) is 9.16 Å². The molecule has 2 amide bonds. The molecule has 1 fully saturated rings. The molecule has 0 radical (unpaired) electrons. The van der Waals surface area contributed by atoms with Gasteiger partial charge in [-0.2, -0.15) is 0 Å². The number of anilines is 1. The number of rotatable bonds is 4. The van der Waals surface area contributed by atoms with Gasteiger partial charge in [0.05, 0.1) is 0 Å². The molecule has 6 nitrogen and oxygen atoms in total. The third-order valence-corrected chi connectivity index (χ3v) is 10.8. The number of hydrogen-bond acceptors (Lipinski definition) is 4. The Morgan fingerprint density at radius 2 is 1.50 bits per heavy atom. The van der Waals surface area contributed by atoms with Gasteiger partial charge in [0.15, 0.2) is 0 Å². The van der Waals surface area contributed by atoms with Crippen LogP contribution in [0.1, 0.15) is 53.1 Å². The van der Waals surface area contributed by atoms with Crippen LogP contribution >= 0.6 is 0 Å². The van der Waals surface area contributed by atoms with Crippen molar-refractivity contribution in [3.8, 4) is 5.75 Å². The Morgan fingerprint density at radius 1 is 0.912 bits per heavy atom. The standard InChI is InChI=1S/C27H38N2O4Si/c1-26(2,3)32-25(31)29-19-18-28(24(30)23(29)20-12-10-9-11-13-20)21-14-16-22(17-15-21)33-34(7,8)27(4,5)6/h9-17,23H,18-19H2,1-8H3. The van der Waals surface area contributed by atoms with E-state index in [0.29, 0.717) is 13.1 Å². The third-order valence-electron chi connectivity index (χ3n) is 6.45. The summed E-state index contributed by atoms with van der Waals surface area (Å²) in [6.07, 6.45) is -0.479. The van der Waals surface area contributed by atoms with E-state index in [1.54, 1.807) is 4.90 Å². The number of carbonyl (C=O) groups is 2. The van der Waals surface area contributed by atoms with Gasteiger partial charge in [0.2, 0.25) is 8.32 Å². The van der Waals surface area contributed by atoms with Crippen molar-refractivity contribution in [3.05, 3.63) is 60.2 Å². The maximum Gasteiger partial charge on any atom is 0.411 e. The van der Waals surface area contributed by atoms with Gasteiger partial charge in [-0.3, -0.25) is 9.69 Å². The summed E-state index contributed by atoms with van der Waals surface area (Å²) in [6.45, 7) is 17.3. The van der Waals surface area contributed by atoms with E-state index in [0.717, 1.165) is 17.0 Å². The molecule has 1 saturated heterocycles. The Bertz CT molecular complexity index is 1010. The van der Waals surface area contributed by atoms with Crippen LogP contribution in [0.25, 0.3) is 0 Å². The fraction of sp³-hybridized carbons (Fsp3) is 0.481. The molecule has 1 heterocycles. The Kier molecular flexibility index (Phi) is 7.17. The van der Waals surface area contributed by atoms with E-state index in [9.17, 15) is 9.59 Å². The van der Waals surface area contributed by atoms with Gasteiger partial charge in [0, 0.05) is 18.8 Å². The first-order valence-corrected chi connectivity index (χ1v) is 14.8. The number of piperazine rings is 1. The minimum atomic E-state index is -1.95. The van der Waals surface area contributed by atoms with Crippen molar-refractivity contribution >= 4 is 26.0 Å². The zero-order valence-electron chi connectivity index (χ0n) is 21.7. The Balaban J connectivity index is 1.86. The van der Waals surface area contributed by atoms with Gasteiger partial charge in [-0.1, -0.05) is 51.1 Å². The van der Waals surface area contributed by atoms with Crippen molar-refractivity contribution in [1.82, 2.24) is 4.90 Å². The lowest BCUT2D eigenvalue weighted by Crippen LogP contribution is -2.55. The molecule has 1 aliphatic rings. The van der Waals surface area contributed by atoms with Crippen LogP contribution < -0.4 is 9.33 Å². The van der Waals surface area contributed by atoms with Crippen LogP contribution in [0, 0.1) is 0 Å². The summed E-state index contributed by atoms with van der Waals surface area (Å²) in [4.78, 5) is 29.9. The lowest BCUT2D eigenvalue weighted by molar-refractivity contribution is -0.126. The highest BCUT2D eigenvalue weighted by molar-refractivity contribution is 6.74. The average molecular weight is 483 g/mol. The molecule has 0 N–H and O–H groups in total. The fourth-order valence-electron chi connectivity index (χ4n) is 3.60. The van der Waals surface area contributed by atoms with Crippen LogP contribution in [0.15, 0.2) is 54.6 Å². The molecule has 3 rings (SSSR count). The average Bonchev–Trinajstić information content (AvgIpc) is 2.72. The van der Waals surface area contributed by atoms with Gasteiger partial charge >= 0.3 is 6.09 Å². The highest BCUT2D eigenvalue weighted by atomic mass is 28.4. The quantitative estimate of drug-likeness (QED) is 0.473. The van der Waals surface area contributed by atoms with Gasteiger partial charge in [0.1, 0.15) is 17.4 Å². The molecule has 1 atom stereocenters. The summed E-state index contributed by atoms with van der Waals surface area (Å²) in [5, 5.41) is 0.0997. The first kappa shape index (κ1) is 25.8. The van der Waals surface area contributed by atoms with Crippen LogP contribution in [0.5, 0.6) is 5.75 Å². The van der Waals surface area contributed by atoms with E-state index in [-0.39, 0.29) is 10.9 Å². The highest BCUT2D eigenvalue weighted by Crippen LogP contribution is 2.38. The van der Waals surface area contributed by atoms with Gasteiger partial charge < -0.3 is 14.1 Å². The molecule has 7 heteroatoms. The van der Waals surface area contributed by atoms with Crippen molar-refractivity contribution in [1.29, 1.82) is 0 Å². The predicted molar refractivity (Wildman–Crippen MR) is 139 cm³/mol. The number of ether oxygens (including phenoxy) is 1. The van der Waals surface area contributed by atoms with Crippen LogP contribution in [0.3, 0.4) is 0 Å². The Morgan fingerprint density at radius 3 is 2.03 bits per heavy atom. The summed E-state index contributed by atoms with van der Waals surface area (Å²) in [6, 6.07) is 16.4. The fourth-order valence-corrected chi connectivity index (χ4v) is 4.63. The Hall–Kier alpha value is -2.80. The second-order valence-corrected chi connectivity index (χ2v) is 16.1. The third kappa shape index (κ3) is 5.81. The van der Waals surface area contributed by atoms with Crippen LogP contribution in [-0.2, 0) is 9.53 Å². The first-order valence-electron chi connectivity index (χ1n) is 11.8. The lowest BCUT2D eigenvalue weighted by Gasteiger charge is -2.41. The van der Waals surface area contributed by atoms with Crippen molar-refractivity contribution in [2.45, 2.75) is 71.3 Å². The smallest absolute Gasteiger partial charge is 0.411 e. The molecule has 184 valence electrons. The Labute approximate surface area is 205 Å². The maximum absolute atomic E-state index is 13.7. The number of carbonyl (C=O) groups excluding carboxylic acids is 2. The second-order valence-electron chi connectivity index (χ2n) is 11.3. The van der Waals surface area contributed by atoms with Gasteiger partial charge in [0.25, 0.3) is 5.91 Å². The van der Waals surface area contributed by atoms with E-state index in [1.165, 1.54) is 4.90 Å². The molecular weight excluding hydrogens is 444 g/mol. The van der Waals surface area contributed by atoms with Crippen LogP contribution in [0.2, 0.25) is 18.1 Å². The summed E-state index contributed by atoms with van der Waals surface area (Å²) in [7, 11) is -1.95. The van der Waals surface area contributed by atoms with E-state index >= 15 is 0 Å². The van der Waals surface area contributed by atoms with Crippen LogP contribution in [-0.4, -0.2) is 43.9 Å². The maximum atomic E-state index is 13.7. The molecule has 1 unspecified atom stereocenters. The number of amides is 2. The summed E-state index contributed by atoms with van der Waals surface area (Å²) >= 11 is 0. The van der Waals surface area contributed by atoms with E-state index < -0.39 is 26.1 Å². The van der Waals surface area contributed by atoms with Crippen molar-refractivity contribution < 1.29 is 18.8 Å². The van der Waals surface area contributed by atoms with Gasteiger partial charge in [-0.05, 0) is 68.7 Å². The summed E-state index contributed by atoms with van der Waals surface area (Å²) < 4.78 is 12.0. The minimum Gasteiger partial charge on any atom is -0.544 e. The number of hydrogen-bond donors (Lipinski definition) is 0. The minimum absolute atomic E-state index is 0.0997. The molecule has 0 aromatic heterocycles. The first-order chi connectivity index (χ1) is 15.7. The van der Waals surface area contributed by atoms with Crippen molar-refractivity contribution in [3.63, 3.8) is 0 Å². The largest absolute Gasteiger partial charge is 0.544 e. The van der Waals surface area contributed by atoms with E-state index in [1.807, 2.05) is 75.4 Å². The second kappa shape index (κ2) is 9.45.